The zero-order chi connectivity index (χ0) is 18.4. The van der Waals surface area contributed by atoms with E-state index in [1.54, 1.807) is 13.1 Å². The molecular formula is C18H28FIN4O2. The topological polar surface area (TPSA) is 74.8 Å². The summed E-state index contributed by atoms with van der Waals surface area (Å²) in [6.07, 6.45) is 0.427. The van der Waals surface area contributed by atoms with E-state index in [1.165, 1.54) is 6.07 Å². The van der Waals surface area contributed by atoms with Crippen molar-refractivity contribution >= 4 is 36.0 Å². The Kier molecular flexibility index (Phi) is 8.58. The fraction of sp³-hybridized carbons (Fsp3) is 0.556. The van der Waals surface area contributed by atoms with E-state index in [1.807, 2.05) is 32.9 Å². The van der Waals surface area contributed by atoms with Gasteiger partial charge in [0.25, 0.3) is 0 Å². The van der Waals surface area contributed by atoms with Gasteiger partial charge in [-0.15, -0.1) is 24.0 Å². The number of aliphatic imine (C=N–C) groups is 1. The number of benzene rings is 1. The van der Waals surface area contributed by atoms with Crippen LogP contribution in [0.1, 0.15) is 38.7 Å². The third-order valence-corrected chi connectivity index (χ3v) is 3.73. The summed E-state index contributed by atoms with van der Waals surface area (Å²) in [6, 6.07) is 7.02. The van der Waals surface area contributed by atoms with Crippen molar-refractivity contribution in [1.82, 2.24) is 16.0 Å². The van der Waals surface area contributed by atoms with Crippen molar-refractivity contribution in [2.45, 2.75) is 44.8 Å². The van der Waals surface area contributed by atoms with E-state index in [-0.39, 0.29) is 41.8 Å². The van der Waals surface area contributed by atoms with Crippen LogP contribution in [0.2, 0.25) is 0 Å². The van der Waals surface area contributed by atoms with Gasteiger partial charge in [0.05, 0.1) is 0 Å². The molecule has 2 unspecified atom stereocenters. The molecule has 1 aromatic rings. The summed E-state index contributed by atoms with van der Waals surface area (Å²) < 4.78 is 18.9. The van der Waals surface area contributed by atoms with Gasteiger partial charge in [-0.2, -0.15) is 0 Å². The highest BCUT2D eigenvalue weighted by Crippen LogP contribution is 2.41. The zero-order valence-corrected chi connectivity index (χ0v) is 18.0. The quantitative estimate of drug-likeness (QED) is 0.263. The Balaban J connectivity index is 0.00000338. The van der Waals surface area contributed by atoms with Crippen molar-refractivity contribution in [2.24, 2.45) is 4.99 Å². The van der Waals surface area contributed by atoms with E-state index in [0.29, 0.717) is 19.0 Å². The number of hydrogen-bond donors (Lipinski definition) is 3. The van der Waals surface area contributed by atoms with Crippen LogP contribution < -0.4 is 16.0 Å². The minimum atomic E-state index is -0.511. The Hall–Kier alpha value is -1.58. The molecule has 146 valence electrons. The molecule has 1 fully saturated rings. The molecule has 3 N–H and O–H groups in total. The average Bonchev–Trinajstić information content (AvgIpc) is 3.28. The number of alkyl carbamates (subject to hydrolysis) is 1. The van der Waals surface area contributed by atoms with Gasteiger partial charge in [0.1, 0.15) is 11.4 Å². The fourth-order valence-corrected chi connectivity index (χ4v) is 2.50. The summed E-state index contributed by atoms with van der Waals surface area (Å²) in [5.41, 5.74) is 0.227. The van der Waals surface area contributed by atoms with Crippen LogP contribution in [0.15, 0.2) is 29.3 Å². The molecule has 26 heavy (non-hydrogen) atoms. The lowest BCUT2D eigenvalue weighted by Crippen LogP contribution is -2.43. The Morgan fingerprint density at radius 3 is 2.54 bits per heavy atom. The molecule has 1 aliphatic rings. The minimum Gasteiger partial charge on any atom is -0.444 e. The molecule has 0 aromatic heterocycles. The highest BCUT2D eigenvalue weighted by atomic mass is 127. The second-order valence-corrected chi connectivity index (χ2v) is 7.04. The van der Waals surface area contributed by atoms with E-state index in [2.05, 4.69) is 20.9 Å². The zero-order valence-electron chi connectivity index (χ0n) is 15.6. The number of rotatable bonds is 5. The number of guanidine groups is 1. The summed E-state index contributed by atoms with van der Waals surface area (Å²) in [5, 5.41) is 9.07. The maximum absolute atomic E-state index is 13.8. The van der Waals surface area contributed by atoms with Gasteiger partial charge in [-0.05, 0) is 38.8 Å². The SMILES string of the molecule is CN=C(NCCNC(=O)OC(C)(C)C)NC1CC1c1ccccc1F.I. The van der Waals surface area contributed by atoms with Crippen molar-refractivity contribution in [2.75, 3.05) is 20.1 Å². The molecule has 0 heterocycles. The highest BCUT2D eigenvalue weighted by Gasteiger charge is 2.40. The molecule has 0 radical (unpaired) electrons. The number of carbonyl (C=O) groups excluding carboxylic acids is 1. The first-order valence-corrected chi connectivity index (χ1v) is 8.48. The number of halogens is 2. The molecule has 0 saturated heterocycles. The molecule has 2 atom stereocenters. The maximum atomic E-state index is 13.8. The van der Waals surface area contributed by atoms with Crippen LogP contribution in [0.25, 0.3) is 0 Å². The van der Waals surface area contributed by atoms with Crippen LogP contribution in [-0.2, 0) is 4.74 Å². The van der Waals surface area contributed by atoms with E-state index in [0.717, 1.165) is 12.0 Å². The third-order valence-electron chi connectivity index (χ3n) is 3.73. The van der Waals surface area contributed by atoms with Crippen LogP contribution in [0.4, 0.5) is 9.18 Å². The van der Waals surface area contributed by atoms with Crippen LogP contribution >= 0.6 is 24.0 Å². The standard InChI is InChI=1S/C18H27FN4O2.HI/c1-18(2,3)25-17(24)22-10-9-21-16(20-4)23-15-11-13(15)12-7-5-6-8-14(12)19;/h5-8,13,15H,9-11H2,1-4H3,(H,22,24)(H2,20,21,23);1H. The average molecular weight is 478 g/mol. The Morgan fingerprint density at radius 1 is 1.27 bits per heavy atom. The molecular weight excluding hydrogens is 450 g/mol. The summed E-state index contributed by atoms with van der Waals surface area (Å²) in [7, 11) is 1.68. The molecule has 0 aliphatic heterocycles. The van der Waals surface area contributed by atoms with Crippen LogP contribution in [0.3, 0.4) is 0 Å². The van der Waals surface area contributed by atoms with E-state index in [9.17, 15) is 9.18 Å². The van der Waals surface area contributed by atoms with Crippen LogP contribution in [0.5, 0.6) is 0 Å². The molecule has 0 bridgehead atoms. The van der Waals surface area contributed by atoms with Gasteiger partial charge in [0, 0.05) is 32.1 Å². The summed E-state index contributed by atoms with van der Waals surface area (Å²) >= 11 is 0. The van der Waals surface area contributed by atoms with Gasteiger partial charge < -0.3 is 20.7 Å². The molecule has 1 aromatic carbocycles. The molecule has 1 aliphatic carbocycles. The minimum absolute atomic E-state index is 0. The molecule has 8 heteroatoms. The summed E-state index contributed by atoms with van der Waals surface area (Å²) in [6.45, 7) is 6.38. The monoisotopic (exact) mass is 478 g/mol. The van der Waals surface area contributed by atoms with Crippen LogP contribution in [-0.4, -0.2) is 43.8 Å². The lowest BCUT2D eigenvalue weighted by molar-refractivity contribution is 0.0529. The third kappa shape index (κ3) is 7.35. The Bertz CT molecular complexity index is 634. The van der Waals surface area contributed by atoms with E-state index >= 15 is 0 Å². The van der Waals surface area contributed by atoms with Gasteiger partial charge in [0.2, 0.25) is 0 Å². The molecule has 6 nitrogen and oxygen atoms in total. The maximum Gasteiger partial charge on any atom is 0.407 e. The van der Waals surface area contributed by atoms with Crippen molar-refractivity contribution in [1.29, 1.82) is 0 Å². The number of carbonyl (C=O) groups is 1. The van der Waals surface area contributed by atoms with Gasteiger partial charge in [0.15, 0.2) is 5.96 Å². The number of nitrogens with one attached hydrogen (secondary N) is 3. The molecule has 1 saturated carbocycles. The van der Waals surface area contributed by atoms with Gasteiger partial charge in [-0.3, -0.25) is 4.99 Å². The Labute approximate surface area is 171 Å². The van der Waals surface area contributed by atoms with Gasteiger partial charge in [-0.25, -0.2) is 9.18 Å². The van der Waals surface area contributed by atoms with E-state index < -0.39 is 11.7 Å². The summed E-state index contributed by atoms with van der Waals surface area (Å²) in [4.78, 5) is 15.7. The predicted molar refractivity (Wildman–Crippen MR) is 112 cm³/mol. The van der Waals surface area contributed by atoms with Crippen molar-refractivity contribution < 1.29 is 13.9 Å². The molecule has 1 amide bonds. The Morgan fingerprint density at radius 2 is 1.92 bits per heavy atom. The number of nitrogens with zero attached hydrogens (tertiary/aromatic N) is 1. The second-order valence-electron chi connectivity index (χ2n) is 7.04. The van der Waals surface area contributed by atoms with Crippen molar-refractivity contribution in [3.8, 4) is 0 Å². The first kappa shape index (κ1) is 22.5. The van der Waals surface area contributed by atoms with Crippen LogP contribution in [0, 0.1) is 5.82 Å². The first-order valence-electron chi connectivity index (χ1n) is 8.48. The molecule has 2 rings (SSSR count). The number of ether oxygens (including phenoxy) is 1. The summed E-state index contributed by atoms with van der Waals surface area (Å²) in [5.74, 6) is 0.635. The normalized spacial score (nSPS) is 19.2. The fourth-order valence-electron chi connectivity index (χ4n) is 2.50. The van der Waals surface area contributed by atoms with Crippen molar-refractivity contribution in [3.63, 3.8) is 0 Å². The van der Waals surface area contributed by atoms with Gasteiger partial charge >= 0.3 is 6.09 Å². The van der Waals surface area contributed by atoms with Crippen molar-refractivity contribution in [3.05, 3.63) is 35.6 Å². The largest absolute Gasteiger partial charge is 0.444 e. The number of amides is 1. The molecule has 0 spiro atoms. The smallest absolute Gasteiger partial charge is 0.407 e. The predicted octanol–water partition coefficient (Wildman–Crippen LogP) is 2.99. The first-order chi connectivity index (χ1) is 11.8. The second kappa shape index (κ2) is 9.94. The lowest BCUT2D eigenvalue weighted by atomic mass is 10.1. The van der Waals surface area contributed by atoms with E-state index in [4.69, 9.17) is 4.74 Å². The lowest BCUT2D eigenvalue weighted by Gasteiger charge is -2.20. The van der Waals surface area contributed by atoms with Gasteiger partial charge in [-0.1, -0.05) is 18.2 Å². The highest BCUT2D eigenvalue weighted by molar-refractivity contribution is 14.0. The number of hydrogen-bond acceptors (Lipinski definition) is 3.